The van der Waals surface area contributed by atoms with E-state index in [9.17, 15) is 5.11 Å². The molecular weight excluding hydrogens is 360 g/mol. The molecule has 0 spiro atoms. The number of thiophene rings is 1. The number of benzene rings is 1. The Morgan fingerprint density at radius 1 is 1.11 bits per heavy atom. The summed E-state index contributed by atoms with van der Waals surface area (Å²) in [5.41, 5.74) is 1.12. The van der Waals surface area contributed by atoms with Crippen molar-refractivity contribution in [3.8, 4) is 11.5 Å². The third-order valence-electron chi connectivity index (χ3n) is 4.45. The van der Waals surface area contributed by atoms with Gasteiger partial charge < -0.3 is 24.8 Å². The van der Waals surface area contributed by atoms with Crippen LogP contribution in [0.1, 0.15) is 29.2 Å². The second-order valence-corrected chi connectivity index (χ2v) is 7.92. The SMILES string of the molecule is CCN(CC)CC(O)COc1cc(CNCc2ccc(C)s2)ccc1OC. The highest BCUT2D eigenvalue weighted by Gasteiger charge is 2.12. The van der Waals surface area contributed by atoms with E-state index in [1.54, 1.807) is 7.11 Å². The first kappa shape index (κ1) is 21.7. The Balaban J connectivity index is 1.89. The monoisotopic (exact) mass is 392 g/mol. The molecular formula is C21H32N2O3S. The fraction of sp³-hybridized carbons (Fsp3) is 0.524. The molecule has 0 radical (unpaired) electrons. The Bertz CT molecular complexity index is 686. The first-order valence-corrected chi connectivity index (χ1v) is 10.3. The van der Waals surface area contributed by atoms with Gasteiger partial charge in [-0.3, -0.25) is 0 Å². The Hall–Kier alpha value is -1.60. The second-order valence-electron chi connectivity index (χ2n) is 6.55. The average Bonchev–Trinajstić information content (AvgIpc) is 3.09. The van der Waals surface area contributed by atoms with Crippen LogP contribution in [0.15, 0.2) is 30.3 Å². The van der Waals surface area contributed by atoms with E-state index < -0.39 is 6.10 Å². The number of aliphatic hydroxyl groups excluding tert-OH is 1. The molecule has 27 heavy (non-hydrogen) atoms. The van der Waals surface area contributed by atoms with Gasteiger partial charge in [0.25, 0.3) is 0 Å². The molecule has 0 saturated heterocycles. The highest BCUT2D eigenvalue weighted by atomic mass is 32.1. The molecule has 2 N–H and O–H groups in total. The molecule has 2 aromatic rings. The van der Waals surface area contributed by atoms with Crippen LogP contribution in [0.5, 0.6) is 11.5 Å². The van der Waals surface area contributed by atoms with Crippen molar-refractivity contribution in [1.82, 2.24) is 10.2 Å². The molecule has 2 rings (SSSR count). The number of aliphatic hydroxyl groups is 1. The minimum atomic E-state index is -0.529. The molecule has 1 aromatic carbocycles. The lowest BCUT2D eigenvalue weighted by molar-refractivity contribution is 0.0705. The Morgan fingerprint density at radius 2 is 1.89 bits per heavy atom. The normalized spacial score (nSPS) is 12.4. The minimum absolute atomic E-state index is 0.248. The van der Waals surface area contributed by atoms with Crippen LogP contribution in [0.3, 0.4) is 0 Å². The Kier molecular flexibility index (Phi) is 9.07. The molecule has 0 aliphatic rings. The number of methoxy groups -OCH3 is 1. The van der Waals surface area contributed by atoms with E-state index >= 15 is 0 Å². The van der Waals surface area contributed by atoms with Gasteiger partial charge in [0.2, 0.25) is 0 Å². The summed E-state index contributed by atoms with van der Waals surface area (Å²) in [6.07, 6.45) is -0.529. The molecule has 6 heteroatoms. The molecule has 0 amide bonds. The molecule has 0 fully saturated rings. The largest absolute Gasteiger partial charge is 0.493 e. The maximum Gasteiger partial charge on any atom is 0.161 e. The summed E-state index contributed by atoms with van der Waals surface area (Å²) >= 11 is 1.81. The summed E-state index contributed by atoms with van der Waals surface area (Å²) in [5, 5.41) is 13.7. The van der Waals surface area contributed by atoms with Crippen molar-refractivity contribution in [1.29, 1.82) is 0 Å². The van der Waals surface area contributed by atoms with E-state index in [1.807, 2.05) is 29.5 Å². The lowest BCUT2D eigenvalue weighted by Gasteiger charge is -2.22. The Labute approximate surface area is 166 Å². The number of ether oxygens (including phenoxy) is 2. The van der Waals surface area contributed by atoms with Crippen molar-refractivity contribution in [3.05, 3.63) is 45.6 Å². The Morgan fingerprint density at radius 3 is 2.52 bits per heavy atom. The number of nitrogens with one attached hydrogen (secondary N) is 1. The summed E-state index contributed by atoms with van der Waals surface area (Å²) in [4.78, 5) is 4.84. The van der Waals surface area contributed by atoms with Crippen molar-refractivity contribution >= 4 is 11.3 Å². The first-order chi connectivity index (χ1) is 13.0. The van der Waals surface area contributed by atoms with Gasteiger partial charge in [0.05, 0.1) is 7.11 Å². The van der Waals surface area contributed by atoms with Gasteiger partial charge in [-0.1, -0.05) is 19.9 Å². The first-order valence-electron chi connectivity index (χ1n) is 9.51. The third-order valence-corrected chi connectivity index (χ3v) is 5.45. The van der Waals surface area contributed by atoms with Gasteiger partial charge >= 0.3 is 0 Å². The fourth-order valence-corrected chi connectivity index (χ4v) is 3.73. The fourth-order valence-electron chi connectivity index (χ4n) is 2.87. The number of likely N-dealkylation sites (N-methyl/N-ethyl adjacent to an activating group) is 1. The van der Waals surface area contributed by atoms with Gasteiger partial charge in [-0.25, -0.2) is 0 Å². The van der Waals surface area contributed by atoms with Crippen molar-refractivity contribution in [3.63, 3.8) is 0 Å². The molecule has 0 bridgehead atoms. The molecule has 5 nitrogen and oxygen atoms in total. The molecule has 0 saturated carbocycles. The number of nitrogens with zero attached hydrogens (tertiary/aromatic N) is 1. The second kappa shape index (κ2) is 11.3. The molecule has 1 unspecified atom stereocenters. The summed E-state index contributed by atoms with van der Waals surface area (Å²) in [7, 11) is 1.63. The van der Waals surface area contributed by atoms with Crippen LogP contribution in [-0.2, 0) is 13.1 Å². The molecule has 1 atom stereocenters. The highest BCUT2D eigenvalue weighted by Crippen LogP contribution is 2.28. The highest BCUT2D eigenvalue weighted by molar-refractivity contribution is 7.11. The van der Waals surface area contributed by atoms with Crippen LogP contribution < -0.4 is 14.8 Å². The maximum atomic E-state index is 10.2. The van der Waals surface area contributed by atoms with Crippen molar-refractivity contribution in [2.24, 2.45) is 0 Å². The van der Waals surface area contributed by atoms with Gasteiger partial charge in [-0.2, -0.15) is 0 Å². The summed E-state index contributed by atoms with van der Waals surface area (Å²) in [5.74, 6) is 1.35. The molecule has 1 aromatic heterocycles. The van der Waals surface area contributed by atoms with Gasteiger partial charge in [0, 0.05) is 29.4 Å². The van der Waals surface area contributed by atoms with Crippen molar-refractivity contribution in [2.45, 2.75) is 40.0 Å². The predicted molar refractivity (Wildman–Crippen MR) is 112 cm³/mol. The lowest BCUT2D eigenvalue weighted by atomic mass is 10.2. The number of hydrogen-bond donors (Lipinski definition) is 2. The lowest BCUT2D eigenvalue weighted by Crippen LogP contribution is -2.35. The molecule has 0 aliphatic heterocycles. The summed E-state index contributed by atoms with van der Waals surface area (Å²) in [6, 6.07) is 10.2. The van der Waals surface area contributed by atoms with Crippen LogP contribution in [0.25, 0.3) is 0 Å². The summed E-state index contributed by atoms with van der Waals surface area (Å²) in [6.45, 7) is 10.6. The minimum Gasteiger partial charge on any atom is -0.493 e. The third kappa shape index (κ3) is 7.14. The van der Waals surface area contributed by atoms with E-state index in [0.717, 1.165) is 31.7 Å². The smallest absolute Gasteiger partial charge is 0.161 e. The van der Waals surface area contributed by atoms with Crippen LogP contribution >= 0.6 is 11.3 Å². The van der Waals surface area contributed by atoms with E-state index in [4.69, 9.17) is 9.47 Å². The summed E-state index contributed by atoms with van der Waals surface area (Å²) < 4.78 is 11.3. The quantitative estimate of drug-likeness (QED) is 0.580. The number of aryl methyl sites for hydroxylation is 1. The van der Waals surface area contributed by atoms with Crippen molar-refractivity contribution < 1.29 is 14.6 Å². The van der Waals surface area contributed by atoms with Crippen LogP contribution in [0.2, 0.25) is 0 Å². The topological polar surface area (TPSA) is 54.0 Å². The average molecular weight is 393 g/mol. The van der Waals surface area contributed by atoms with Crippen LogP contribution in [0.4, 0.5) is 0 Å². The zero-order valence-electron chi connectivity index (χ0n) is 16.8. The maximum absolute atomic E-state index is 10.2. The number of hydrogen-bond acceptors (Lipinski definition) is 6. The molecule has 150 valence electrons. The standard InChI is InChI=1S/C21H32N2O3S/c1-5-23(6-2)14-18(24)15-26-21-11-17(8-10-20(21)25-4)12-22-13-19-9-7-16(3)27-19/h7-11,18,22,24H,5-6,12-15H2,1-4H3. The predicted octanol–water partition coefficient (Wildman–Crippen LogP) is 3.44. The van der Waals surface area contributed by atoms with E-state index in [2.05, 4.69) is 43.1 Å². The van der Waals surface area contributed by atoms with Gasteiger partial charge in [-0.15, -0.1) is 11.3 Å². The van der Waals surface area contributed by atoms with Crippen LogP contribution in [0, 0.1) is 6.92 Å². The van der Waals surface area contributed by atoms with Crippen LogP contribution in [-0.4, -0.2) is 49.5 Å². The zero-order valence-corrected chi connectivity index (χ0v) is 17.6. The van der Waals surface area contributed by atoms with Crippen molar-refractivity contribution in [2.75, 3.05) is 33.4 Å². The number of rotatable bonds is 12. The van der Waals surface area contributed by atoms with Gasteiger partial charge in [0.15, 0.2) is 11.5 Å². The molecule has 0 aliphatic carbocycles. The van der Waals surface area contributed by atoms with E-state index in [-0.39, 0.29) is 6.61 Å². The molecule has 1 heterocycles. The van der Waals surface area contributed by atoms with Gasteiger partial charge in [0.1, 0.15) is 12.7 Å². The zero-order chi connectivity index (χ0) is 19.6. The van der Waals surface area contributed by atoms with E-state index in [0.29, 0.717) is 18.0 Å². The van der Waals surface area contributed by atoms with E-state index in [1.165, 1.54) is 9.75 Å². The van der Waals surface area contributed by atoms with Gasteiger partial charge in [-0.05, 0) is 49.8 Å².